The van der Waals surface area contributed by atoms with Crippen molar-refractivity contribution in [2.45, 2.75) is 40.3 Å². The van der Waals surface area contributed by atoms with Gasteiger partial charge in [-0.1, -0.05) is 12.1 Å². The summed E-state index contributed by atoms with van der Waals surface area (Å²) < 4.78 is 10.3. The average Bonchev–Trinajstić information content (AvgIpc) is 3.02. The van der Waals surface area contributed by atoms with Gasteiger partial charge in [0.05, 0.1) is 35.7 Å². The molecule has 8 nitrogen and oxygen atoms in total. The summed E-state index contributed by atoms with van der Waals surface area (Å²) in [6.45, 7) is 7.58. The summed E-state index contributed by atoms with van der Waals surface area (Å²) in [6, 6.07) is 7.11. The van der Waals surface area contributed by atoms with Gasteiger partial charge in [-0.25, -0.2) is 9.79 Å². The fourth-order valence-corrected chi connectivity index (χ4v) is 3.05. The van der Waals surface area contributed by atoms with Crippen molar-refractivity contribution in [3.8, 4) is 5.75 Å². The molecule has 0 spiro atoms. The Morgan fingerprint density at radius 2 is 1.90 bits per heavy atom. The van der Waals surface area contributed by atoms with Crippen LogP contribution in [0.5, 0.6) is 5.75 Å². The van der Waals surface area contributed by atoms with E-state index in [9.17, 15) is 14.7 Å². The largest absolute Gasteiger partial charge is 0.465 e. The number of rotatable bonds is 5. The lowest BCUT2D eigenvalue weighted by Gasteiger charge is -2.29. The van der Waals surface area contributed by atoms with E-state index in [4.69, 9.17) is 9.47 Å². The van der Waals surface area contributed by atoms with Gasteiger partial charge in [-0.15, -0.1) is 0 Å². The molecule has 1 aromatic heterocycles. The molecule has 3 rings (SSSR count). The Kier molecular flexibility index (Phi) is 5.98. The average molecular weight is 413 g/mol. The summed E-state index contributed by atoms with van der Waals surface area (Å²) >= 11 is 0. The van der Waals surface area contributed by atoms with Crippen molar-refractivity contribution >= 4 is 24.1 Å². The van der Waals surface area contributed by atoms with Gasteiger partial charge < -0.3 is 24.5 Å². The van der Waals surface area contributed by atoms with Gasteiger partial charge in [-0.3, -0.25) is 4.79 Å². The minimum atomic E-state index is -1.00. The Morgan fingerprint density at radius 3 is 2.50 bits per heavy atom. The van der Waals surface area contributed by atoms with Gasteiger partial charge in [0, 0.05) is 6.54 Å². The Hall–Kier alpha value is -3.13. The molecule has 0 radical (unpaired) electrons. The van der Waals surface area contributed by atoms with Gasteiger partial charge in [-0.2, -0.15) is 0 Å². The fourth-order valence-electron chi connectivity index (χ4n) is 3.05. The number of methoxy groups -OCH3 is 1. The number of aromatic amines is 1. The van der Waals surface area contributed by atoms with Crippen LogP contribution in [0, 0.1) is 12.3 Å². The summed E-state index contributed by atoms with van der Waals surface area (Å²) in [6.07, 6.45) is 1.20. The SMILES string of the molecule is COC(=O)c1ccc(CCN2C=Nc3[nH]c(C)c(OC(=O)C(C)(C)C)c3C2O)cc1. The number of benzene rings is 1. The van der Waals surface area contributed by atoms with Gasteiger partial charge in [0.15, 0.2) is 12.0 Å². The van der Waals surface area contributed by atoms with Gasteiger partial charge >= 0.3 is 11.9 Å². The van der Waals surface area contributed by atoms with E-state index < -0.39 is 11.6 Å². The maximum atomic E-state index is 12.4. The number of aryl methyl sites for hydroxylation is 1. The van der Waals surface area contributed by atoms with Crippen molar-refractivity contribution < 1.29 is 24.2 Å². The van der Waals surface area contributed by atoms with E-state index in [1.807, 2.05) is 12.1 Å². The van der Waals surface area contributed by atoms with Gasteiger partial charge in [-0.05, 0) is 51.8 Å². The van der Waals surface area contributed by atoms with Crippen molar-refractivity contribution in [3.63, 3.8) is 0 Å². The van der Waals surface area contributed by atoms with E-state index in [1.54, 1.807) is 51.1 Å². The lowest BCUT2D eigenvalue weighted by atomic mass is 9.97. The molecule has 160 valence electrons. The van der Waals surface area contributed by atoms with Crippen LogP contribution in [0.3, 0.4) is 0 Å². The lowest BCUT2D eigenvalue weighted by molar-refractivity contribution is -0.143. The molecule has 2 aromatic rings. The second-order valence-electron chi connectivity index (χ2n) is 8.28. The highest BCUT2D eigenvalue weighted by Crippen LogP contribution is 2.41. The zero-order valence-electron chi connectivity index (χ0n) is 17.9. The molecule has 1 aliphatic rings. The number of aliphatic hydroxyl groups is 1. The quantitative estimate of drug-likeness (QED) is 0.729. The van der Waals surface area contributed by atoms with E-state index in [0.717, 1.165) is 5.56 Å². The van der Waals surface area contributed by atoms with Crippen LogP contribution in [-0.2, 0) is 16.0 Å². The van der Waals surface area contributed by atoms with E-state index >= 15 is 0 Å². The van der Waals surface area contributed by atoms with Crippen LogP contribution in [0.2, 0.25) is 0 Å². The molecule has 0 saturated carbocycles. The number of hydrogen-bond acceptors (Lipinski definition) is 7. The van der Waals surface area contributed by atoms with Crippen molar-refractivity contribution in [3.05, 3.63) is 46.6 Å². The molecule has 1 aromatic carbocycles. The van der Waals surface area contributed by atoms with Crippen LogP contribution < -0.4 is 4.74 Å². The van der Waals surface area contributed by atoms with Crippen LogP contribution in [0.4, 0.5) is 5.82 Å². The molecule has 8 heteroatoms. The number of aliphatic hydroxyl groups excluding tert-OH is 1. The standard InChI is InChI=1S/C22H27N3O5/c1-13-17(30-21(28)22(2,3)4)16-18(24-13)23-12-25(19(16)26)11-10-14-6-8-15(9-7-14)20(27)29-5/h6-9,12,19,24,26H,10-11H2,1-5H3. The van der Waals surface area contributed by atoms with Crippen LogP contribution >= 0.6 is 0 Å². The van der Waals surface area contributed by atoms with Crippen LogP contribution in [0.15, 0.2) is 29.3 Å². The first-order valence-electron chi connectivity index (χ1n) is 9.72. The third kappa shape index (κ3) is 4.38. The molecule has 0 bridgehead atoms. The Labute approximate surface area is 175 Å². The van der Waals surface area contributed by atoms with Crippen LogP contribution in [0.1, 0.15) is 54.2 Å². The molecule has 1 aliphatic heterocycles. The van der Waals surface area contributed by atoms with Crippen molar-refractivity contribution in [2.75, 3.05) is 13.7 Å². The van der Waals surface area contributed by atoms with Gasteiger partial charge in [0.1, 0.15) is 5.82 Å². The van der Waals surface area contributed by atoms with Crippen molar-refractivity contribution in [1.82, 2.24) is 9.88 Å². The Bertz CT molecular complexity index is 970. The first kappa shape index (κ1) is 21.6. The Morgan fingerprint density at radius 1 is 1.23 bits per heavy atom. The Balaban J connectivity index is 1.73. The predicted octanol–water partition coefficient (Wildman–Crippen LogP) is 3.27. The summed E-state index contributed by atoms with van der Waals surface area (Å²) in [7, 11) is 1.34. The molecule has 2 N–H and O–H groups in total. The predicted molar refractivity (Wildman–Crippen MR) is 112 cm³/mol. The number of H-pyrrole nitrogens is 1. The summed E-state index contributed by atoms with van der Waals surface area (Å²) in [5, 5.41) is 10.9. The highest BCUT2D eigenvalue weighted by atomic mass is 16.5. The molecule has 1 atom stereocenters. The summed E-state index contributed by atoms with van der Waals surface area (Å²) in [4.78, 5) is 33.0. The third-order valence-electron chi connectivity index (χ3n) is 4.89. The number of ether oxygens (including phenoxy) is 2. The number of carbonyl (C=O) groups is 2. The molecule has 0 fully saturated rings. The number of fused-ring (bicyclic) bond motifs is 1. The highest BCUT2D eigenvalue weighted by Gasteiger charge is 2.33. The first-order valence-corrected chi connectivity index (χ1v) is 9.72. The summed E-state index contributed by atoms with van der Waals surface area (Å²) in [5.74, 6) is 0.0383. The van der Waals surface area contributed by atoms with E-state index in [1.165, 1.54) is 7.11 Å². The molecule has 1 unspecified atom stereocenters. The minimum absolute atomic E-state index is 0.321. The molecule has 0 saturated heterocycles. The first-order chi connectivity index (χ1) is 14.1. The normalized spacial score (nSPS) is 15.7. The second kappa shape index (κ2) is 8.31. The maximum Gasteiger partial charge on any atom is 0.337 e. The number of esters is 2. The highest BCUT2D eigenvalue weighted by molar-refractivity contribution is 5.89. The number of hydrogen-bond donors (Lipinski definition) is 2. The molecule has 30 heavy (non-hydrogen) atoms. The third-order valence-corrected chi connectivity index (χ3v) is 4.89. The van der Waals surface area contributed by atoms with Gasteiger partial charge in [0.2, 0.25) is 0 Å². The molecular formula is C22H27N3O5. The van der Waals surface area contributed by atoms with E-state index in [-0.39, 0.29) is 11.9 Å². The minimum Gasteiger partial charge on any atom is -0.465 e. The number of nitrogens with zero attached hydrogens (tertiary/aromatic N) is 2. The second-order valence-corrected chi connectivity index (χ2v) is 8.28. The van der Waals surface area contributed by atoms with E-state index in [0.29, 0.717) is 41.4 Å². The molecular weight excluding hydrogens is 386 g/mol. The topological polar surface area (TPSA) is 104 Å². The molecule has 0 amide bonds. The van der Waals surface area contributed by atoms with Crippen LogP contribution in [0.25, 0.3) is 0 Å². The summed E-state index contributed by atoms with van der Waals surface area (Å²) in [5.41, 5.74) is 1.90. The number of nitrogens with one attached hydrogen (secondary N) is 1. The maximum absolute atomic E-state index is 12.4. The van der Waals surface area contributed by atoms with E-state index in [2.05, 4.69) is 9.98 Å². The van der Waals surface area contributed by atoms with Crippen molar-refractivity contribution in [1.29, 1.82) is 0 Å². The number of aliphatic imine (C=N–C) groups is 1. The molecule has 0 aliphatic carbocycles. The number of carbonyl (C=O) groups excluding carboxylic acids is 2. The van der Waals surface area contributed by atoms with Gasteiger partial charge in [0.25, 0.3) is 0 Å². The number of aromatic nitrogens is 1. The fraction of sp³-hybridized carbons (Fsp3) is 0.409. The van der Waals surface area contributed by atoms with Crippen molar-refractivity contribution in [2.24, 2.45) is 10.4 Å². The van der Waals surface area contributed by atoms with Crippen LogP contribution in [-0.4, -0.2) is 46.9 Å². The smallest absolute Gasteiger partial charge is 0.337 e. The monoisotopic (exact) mass is 413 g/mol. The lowest BCUT2D eigenvalue weighted by Crippen LogP contribution is -2.32. The molecule has 2 heterocycles. The zero-order valence-corrected chi connectivity index (χ0v) is 17.9. The zero-order chi connectivity index (χ0) is 22.1.